The first-order valence-corrected chi connectivity index (χ1v) is 9.87. The van der Waals surface area contributed by atoms with Crippen LogP contribution in [0.2, 0.25) is 0 Å². The molecule has 0 radical (unpaired) electrons. The molecule has 28 heavy (non-hydrogen) atoms. The molecule has 146 valence electrons. The van der Waals surface area contributed by atoms with E-state index in [0.29, 0.717) is 18.7 Å². The molecule has 2 unspecified atom stereocenters. The highest BCUT2D eigenvalue weighted by Gasteiger charge is 2.36. The topological polar surface area (TPSA) is 86.7 Å². The Kier molecular flexibility index (Phi) is 6.04. The Bertz CT molecular complexity index is 898. The summed E-state index contributed by atoms with van der Waals surface area (Å²) in [6.45, 7) is 3.53. The van der Waals surface area contributed by atoms with E-state index in [2.05, 4.69) is 5.32 Å². The number of carboxylic acid groups (broad SMARTS) is 1. The van der Waals surface area contributed by atoms with Crippen LogP contribution in [0, 0.1) is 0 Å². The molecule has 0 saturated heterocycles. The Labute approximate surface area is 167 Å². The van der Waals surface area contributed by atoms with Gasteiger partial charge in [-0.15, -0.1) is 11.8 Å². The van der Waals surface area contributed by atoms with E-state index in [1.54, 1.807) is 19.1 Å². The maximum absolute atomic E-state index is 13.0. The second kappa shape index (κ2) is 8.48. The van der Waals surface area contributed by atoms with Gasteiger partial charge in [-0.3, -0.25) is 9.59 Å². The lowest BCUT2D eigenvalue weighted by molar-refractivity contribution is -0.151. The van der Waals surface area contributed by atoms with Gasteiger partial charge in [0.25, 0.3) is 0 Å². The molecule has 1 heterocycles. The van der Waals surface area contributed by atoms with Crippen LogP contribution in [0.5, 0.6) is 0 Å². The van der Waals surface area contributed by atoms with E-state index in [9.17, 15) is 19.5 Å². The Hall–Kier alpha value is -2.80. The van der Waals surface area contributed by atoms with Gasteiger partial charge in [0.2, 0.25) is 11.8 Å². The van der Waals surface area contributed by atoms with Gasteiger partial charge >= 0.3 is 5.97 Å². The van der Waals surface area contributed by atoms with Gasteiger partial charge < -0.3 is 15.3 Å². The zero-order valence-electron chi connectivity index (χ0n) is 15.7. The molecule has 0 spiro atoms. The van der Waals surface area contributed by atoms with Crippen molar-refractivity contribution in [2.75, 3.05) is 5.32 Å². The van der Waals surface area contributed by atoms with Crippen LogP contribution in [0.25, 0.3) is 0 Å². The van der Waals surface area contributed by atoms with Crippen LogP contribution >= 0.6 is 11.8 Å². The van der Waals surface area contributed by atoms with E-state index in [-0.39, 0.29) is 11.8 Å². The van der Waals surface area contributed by atoms with Crippen LogP contribution in [-0.2, 0) is 27.3 Å². The number of carbonyl (C=O) groups excluding carboxylic acids is 2. The summed E-state index contributed by atoms with van der Waals surface area (Å²) in [6, 6.07) is 14.0. The summed E-state index contributed by atoms with van der Waals surface area (Å²) in [7, 11) is 0. The number of aliphatic carboxylic acids is 1. The third-order valence-corrected chi connectivity index (χ3v) is 5.75. The van der Waals surface area contributed by atoms with Crippen molar-refractivity contribution in [1.82, 2.24) is 4.90 Å². The number of hydrogen-bond acceptors (Lipinski definition) is 4. The Morgan fingerprint density at radius 3 is 2.36 bits per heavy atom. The van der Waals surface area contributed by atoms with E-state index in [1.807, 2.05) is 36.4 Å². The number of thioether (sulfide) groups is 1. The van der Waals surface area contributed by atoms with Crippen molar-refractivity contribution in [2.45, 2.75) is 43.0 Å². The first kappa shape index (κ1) is 19.9. The quantitative estimate of drug-likeness (QED) is 0.756. The molecule has 0 fully saturated rings. The SMILES string of the molecule is CC(=O)Nc1ccc(SC(C)C(=O)N2Cc3ccccc3CC2C(=O)O)cc1. The molecule has 2 amide bonds. The summed E-state index contributed by atoms with van der Waals surface area (Å²) < 4.78 is 0. The van der Waals surface area contributed by atoms with Crippen LogP contribution < -0.4 is 5.32 Å². The van der Waals surface area contributed by atoms with Crippen molar-refractivity contribution in [3.05, 3.63) is 59.7 Å². The lowest BCUT2D eigenvalue weighted by atomic mass is 9.94. The number of rotatable bonds is 5. The molecule has 0 aliphatic carbocycles. The third-order valence-electron chi connectivity index (χ3n) is 4.65. The maximum Gasteiger partial charge on any atom is 0.326 e. The zero-order chi connectivity index (χ0) is 20.3. The fourth-order valence-corrected chi connectivity index (χ4v) is 4.22. The molecule has 0 bridgehead atoms. The highest BCUT2D eigenvalue weighted by Crippen LogP contribution is 2.30. The fraction of sp³-hybridized carbons (Fsp3) is 0.286. The van der Waals surface area contributed by atoms with Crippen LogP contribution in [0.3, 0.4) is 0 Å². The molecule has 1 aliphatic heterocycles. The minimum atomic E-state index is -0.986. The van der Waals surface area contributed by atoms with Gasteiger partial charge in [0, 0.05) is 30.5 Å². The Morgan fingerprint density at radius 1 is 1.11 bits per heavy atom. The summed E-state index contributed by atoms with van der Waals surface area (Å²) in [4.78, 5) is 38.2. The van der Waals surface area contributed by atoms with Crippen LogP contribution in [-0.4, -0.2) is 39.1 Å². The highest BCUT2D eigenvalue weighted by molar-refractivity contribution is 8.00. The van der Waals surface area contributed by atoms with Crippen molar-refractivity contribution in [3.63, 3.8) is 0 Å². The predicted octanol–water partition coefficient (Wildman–Crippen LogP) is 3.16. The first-order valence-electron chi connectivity index (χ1n) is 8.99. The number of benzene rings is 2. The van der Waals surface area contributed by atoms with Gasteiger partial charge in [0.1, 0.15) is 6.04 Å². The number of nitrogens with zero attached hydrogens (tertiary/aromatic N) is 1. The number of carboxylic acids is 1. The summed E-state index contributed by atoms with van der Waals surface area (Å²) in [5, 5.41) is 11.9. The minimum absolute atomic E-state index is 0.144. The molecule has 1 aliphatic rings. The van der Waals surface area contributed by atoms with E-state index in [0.717, 1.165) is 16.0 Å². The van der Waals surface area contributed by atoms with Crippen molar-refractivity contribution in [2.24, 2.45) is 0 Å². The van der Waals surface area contributed by atoms with E-state index >= 15 is 0 Å². The first-order chi connectivity index (χ1) is 13.3. The molecule has 7 heteroatoms. The van der Waals surface area contributed by atoms with Gasteiger partial charge in [0.05, 0.1) is 5.25 Å². The molecule has 2 atom stereocenters. The van der Waals surface area contributed by atoms with Crippen LogP contribution in [0.1, 0.15) is 25.0 Å². The van der Waals surface area contributed by atoms with E-state index < -0.39 is 17.3 Å². The van der Waals surface area contributed by atoms with Crippen molar-refractivity contribution >= 4 is 35.2 Å². The average molecular weight is 398 g/mol. The molecule has 6 nitrogen and oxygen atoms in total. The molecule has 0 saturated carbocycles. The normalized spacial score (nSPS) is 16.8. The summed E-state index contributed by atoms with van der Waals surface area (Å²) in [5.74, 6) is -1.33. The largest absolute Gasteiger partial charge is 0.480 e. The van der Waals surface area contributed by atoms with Gasteiger partial charge in [-0.05, 0) is 42.3 Å². The highest BCUT2D eigenvalue weighted by atomic mass is 32.2. The fourth-order valence-electron chi connectivity index (χ4n) is 3.28. The van der Waals surface area contributed by atoms with Gasteiger partial charge in [-0.1, -0.05) is 24.3 Å². The molecular weight excluding hydrogens is 376 g/mol. The number of anilines is 1. The Morgan fingerprint density at radius 2 is 1.75 bits per heavy atom. The molecule has 2 aromatic rings. The number of fused-ring (bicyclic) bond motifs is 1. The van der Waals surface area contributed by atoms with Crippen molar-refractivity contribution in [1.29, 1.82) is 0 Å². The minimum Gasteiger partial charge on any atom is -0.480 e. The second-order valence-corrected chi connectivity index (χ2v) is 8.17. The van der Waals surface area contributed by atoms with Gasteiger partial charge in [-0.25, -0.2) is 4.79 Å². The van der Waals surface area contributed by atoms with E-state index in [1.165, 1.54) is 23.6 Å². The van der Waals surface area contributed by atoms with Crippen molar-refractivity contribution in [3.8, 4) is 0 Å². The van der Waals surface area contributed by atoms with Gasteiger partial charge in [0.15, 0.2) is 0 Å². The lowest BCUT2D eigenvalue weighted by Crippen LogP contribution is -2.50. The number of amides is 2. The molecule has 3 rings (SSSR count). The summed E-state index contributed by atoms with van der Waals surface area (Å²) >= 11 is 1.37. The lowest BCUT2D eigenvalue weighted by Gasteiger charge is -2.35. The Balaban J connectivity index is 1.72. The predicted molar refractivity (Wildman–Crippen MR) is 108 cm³/mol. The van der Waals surface area contributed by atoms with Crippen molar-refractivity contribution < 1.29 is 19.5 Å². The smallest absolute Gasteiger partial charge is 0.326 e. The van der Waals surface area contributed by atoms with Crippen LogP contribution in [0.15, 0.2) is 53.4 Å². The number of carbonyl (C=O) groups is 3. The average Bonchev–Trinajstić information content (AvgIpc) is 2.67. The van der Waals surface area contributed by atoms with Crippen LogP contribution in [0.4, 0.5) is 5.69 Å². The molecular formula is C21H22N2O4S. The second-order valence-electron chi connectivity index (χ2n) is 6.76. The number of hydrogen-bond donors (Lipinski definition) is 2. The summed E-state index contributed by atoms with van der Waals surface area (Å²) in [5.41, 5.74) is 2.66. The number of nitrogens with one attached hydrogen (secondary N) is 1. The van der Waals surface area contributed by atoms with E-state index in [4.69, 9.17) is 0 Å². The van der Waals surface area contributed by atoms with Gasteiger partial charge in [-0.2, -0.15) is 0 Å². The maximum atomic E-state index is 13.0. The monoisotopic (exact) mass is 398 g/mol. The molecule has 0 aromatic heterocycles. The summed E-state index contributed by atoms with van der Waals surface area (Å²) in [6.07, 6.45) is 0.319. The third kappa shape index (κ3) is 4.54. The zero-order valence-corrected chi connectivity index (χ0v) is 16.5. The molecule has 2 aromatic carbocycles. The molecule has 2 N–H and O–H groups in total. The standard InChI is InChI=1S/C21H22N2O4S/c1-13(28-18-9-7-17(8-10-18)22-14(2)24)20(25)23-12-16-6-4-3-5-15(16)11-19(23)21(26)27/h3-10,13,19H,11-12H2,1-2H3,(H,22,24)(H,26,27).